The first-order valence-corrected chi connectivity index (χ1v) is 4.27. The van der Waals surface area contributed by atoms with E-state index in [-0.39, 0.29) is 22.8 Å². The molecule has 12 heavy (non-hydrogen) atoms. The molecule has 1 aromatic rings. The summed E-state index contributed by atoms with van der Waals surface area (Å²) in [6.07, 6.45) is 0.872. The highest BCUT2D eigenvalue weighted by Crippen LogP contribution is 2.41. The first kappa shape index (κ1) is 8.02. The lowest BCUT2D eigenvalue weighted by atomic mass is 10.1. The molecule has 1 aliphatic carbocycles. The Morgan fingerprint density at radius 2 is 2.17 bits per heavy atom. The number of rotatable bonds is 1. The molecule has 0 spiro atoms. The van der Waals surface area contributed by atoms with Crippen LogP contribution < -0.4 is 5.73 Å². The highest BCUT2D eigenvalue weighted by molar-refractivity contribution is 6.30. The monoisotopic (exact) mass is 185 g/mol. The third kappa shape index (κ3) is 1.21. The van der Waals surface area contributed by atoms with Crippen molar-refractivity contribution in [1.82, 2.24) is 0 Å². The molecule has 0 amide bonds. The zero-order chi connectivity index (χ0) is 8.72. The molecule has 0 aliphatic heterocycles. The van der Waals surface area contributed by atoms with E-state index in [9.17, 15) is 4.39 Å². The van der Waals surface area contributed by atoms with E-state index < -0.39 is 0 Å². The van der Waals surface area contributed by atoms with Crippen molar-refractivity contribution in [2.24, 2.45) is 5.73 Å². The summed E-state index contributed by atoms with van der Waals surface area (Å²) < 4.78 is 13.3. The van der Waals surface area contributed by atoms with Crippen molar-refractivity contribution >= 4 is 11.6 Å². The molecule has 0 radical (unpaired) electrons. The molecule has 3 heteroatoms. The lowest BCUT2D eigenvalue weighted by Gasteiger charge is -2.01. The molecule has 1 nitrogen and oxygen atoms in total. The van der Waals surface area contributed by atoms with E-state index in [1.807, 2.05) is 0 Å². The lowest BCUT2D eigenvalue weighted by molar-refractivity contribution is 0.610. The van der Waals surface area contributed by atoms with E-state index in [4.69, 9.17) is 17.3 Å². The van der Waals surface area contributed by atoms with Gasteiger partial charge in [0.15, 0.2) is 0 Å². The van der Waals surface area contributed by atoms with Gasteiger partial charge < -0.3 is 5.73 Å². The molecule has 1 aromatic carbocycles. The Bertz CT molecular complexity index is 313. The number of halogens is 2. The second kappa shape index (κ2) is 2.71. The van der Waals surface area contributed by atoms with Crippen molar-refractivity contribution in [2.45, 2.75) is 18.4 Å². The number of hydrogen-bond donors (Lipinski definition) is 1. The van der Waals surface area contributed by atoms with Gasteiger partial charge in [-0.05, 0) is 18.1 Å². The van der Waals surface area contributed by atoms with Crippen molar-refractivity contribution in [1.29, 1.82) is 0 Å². The van der Waals surface area contributed by atoms with Crippen LogP contribution in [0.4, 0.5) is 4.39 Å². The standard InChI is InChI=1S/C9H9ClFN/c10-7-3-1-2-5(9(7)11)6-4-8(6)12/h1-3,6,8H,4,12H2/t6-,8+/m1/s1. The average Bonchev–Trinajstić information content (AvgIpc) is 2.73. The van der Waals surface area contributed by atoms with Crippen LogP contribution in [0.1, 0.15) is 17.9 Å². The fourth-order valence-electron chi connectivity index (χ4n) is 1.38. The van der Waals surface area contributed by atoms with Gasteiger partial charge in [0.1, 0.15) is 5.82 Å². The molecule has 0 heterocycles. The van der Waals surface area contributed by atoms with Gasteiger partial charge in [-0.3, -0.25) is 0 Å². The van der Waals surface area contributed by atoms with Crippen LogP contribution in [-0.4, -0.2) is 6.04 Å². The third-order valence-electron chi connectivity index (χ3n) is 2.22. The molecule has 64 valence electrons. The fourth-order valence-corrected chi connectivity index (χ4v) is 1.56. The summed E-state index contributed by atoms with van der Waals surface area (Å²) in [7, 11) is 0. The Kier molecular flexibility index (Phi) is 1.81. The zero-order valence-corrected chi connectivity index (χ0v) is 7.18. The van der Waals surface area contributed by atoms with Gasteiger partial charge in [-0.25, -0.2) is 4.39 Å². The lowest BCUT2D eigenvalue weighted by Crippen LogP contribution is -2.02. The van der Waals surface area contributed by atoms with Crippen LogP contribution in [0, 0.1) is 5.82 Å². The molecule has 2 rings (SSSR count). The average molecular weight is 186 g/mol. The van der Waals surface area contributed by atoms with E-state index in [0.29, 0.717) is 5.56 Å². The van der Waals surface area contributed by atoms with Gasteiger partial charge in [0.2, 0.25) is 0 Å². The molecular formula is C9H9ClFN. The largest absolute Gasteiger partial charge is 0.327 e. The minimum absolute atomic E-state index is 0.123. The molecule has 1 fully saturated rings. The van der Waals surface area contributed by atoms with Gasteiger partial charge in [-0.1, -0.05) is 23.7 Å². The van der Waals surface area contributed by atoms with E-state index in [0.717, 1.165) is 6.42 Å². The zero-order valence-electron chi connectivity index (χ0n) is 6.43. The fraction of sp³-hybridized carbons (Fsp3) is 0.333. The Morgan fingerprint density at radius 3 is 2.75 bits per heavy atom. The van der Waals surface area contributed by atoms with Crippen LogP contribution in [-0.2, 0) is 0 Å². The predicted octanol–water partition coefficient (Wildman–Crippen LogP) is 2.29. The minimum atomic E-state index is -0.308. The molecule has 1 saturated carbocycles. The van der Waals surface area contributed by atoms with Crippen LogP contribution in [0.3, 0.4) is 0 Å². The normalized spacial score (nSPS) is 27.2. The van der Waals surface area contributed by atoms with Crippen molar-refractivity contribution in [3.63, 3.8) is 0 Å². The van der Waals surface area contributed by atoms with Crippen LogP contribution >= 0.6 is 11.6 Å². The van der Waals surface area contributed by atoms with E-state index in [1.165, 1.54) is 0 Å². The second-order valence-corrected chi connectivity index (χ2v) is 3.56. The SMILES string of the molecule is N[C@H]1C[C@@H]1c1cccc(Cl)c1F. The van der Waals surface area contributed by atoms with E-state index in [2.05, 4.69) is 0 Å². The Balaban J connectivity index is 2.38. The summed E-state index contributed by atoms with van der Waals surface area (Å²) in [6, 6.07) is 5.18. The topological polar surface area (TPSA) is 26.0 Å². The summed E-state index contributed by atoms with van der Waals surface area (Å²) in [5, 5.41) is 0.187. The molecule has 0 bridgehead atoms. The van der Waals surface area contributed by atoms with Gasteiger partial charge in [0.25, 0.3) is 0 Å². The summed E-state index contributed by atoms with van der Waals surface area (Å²) in [4.78, 5) is 0. The summed E-state index contributed by atoms with van der Waals surface area (Å²) >= 11 is 5.62. The maximum Gasteiger partial charge on any atom is 0.145 e. The molecule has 0 saturated heterocycles. The summed E-state index contributed by atoms with van der Waals surface area (Å²) in [6.45, 7) is 0. The van der Waals surface area contributed by atoms with Gasteiger partial charge in [-0.15, -0.1) is 0 Å². The molecule has 0 unspecified atom stereocenters. The third-order valence-corrected chi connectivity index (χ3v) is 2.51. The maximum atomic E-state index is 13.3. The van der Waals surface area contributed by atoms with Gasteiger partial charge >= 0.3 is 0 Å². The number of nitrogens with two attached hydrogens (primary N) is 1. The quantitative estimate of drug-likeness (QED) is 0.714. The van der Waals surface area contributed by atoms with Crippen LogP contribution in [0.25, 0.3) is 0 Å². The first-order valence-electron chi connectivity index (χ1n) is 3.89. The van der Waals surface area contributed by atoms with Crippen molar-refractivity contribution in [2.75, 3.05) is 0 Å². The van der Waals surface area contributed by atoms with Gasteiger partial charge in [0.05, 0.1) is 5.02 Å². The molecule has 2 N–H and O–H groups in total. The maximum absolute atomic E-state index is 13.3. The van der Waals surface area contributed by atoms with Crippen LogP contribution in [0.2, 0.25) is 5.02 Å². The second-order valence-electron chi connectivity index (χ2n) is 3.15. The highest BCUT2D eigenvalue weighted by atomic mass is 35.5. The molecule has 1 aliphatic rings. The number of benzene rings is 1. The van der Waals surface area contributed by atoms with Gasteiger partial charge in [0, 0.05) is 12.0 Å². The van der Waals surface area contributed by atoms with Crippen molar-refractivity contribution in [3.8, 4) is 0 Å². The highest BCUT2D eigenvalue weighted by Gasteiger charge is 2.36. The Labute approximate surface area is 75.3 Å². The molecular weight excluding hydrogens is 177 g/mol. The van der Waals surface area contributed by atoms with Crippen LogP contribution in [0.15, 0.2) is 18.2 Å². The van der Waals surface area contributed by atoms with E-state index in [1.54, 1.807) is 18.2 Å². The van der Waals surface area contributed by atoms with Gasteiger partial charge in [-0.2, -0.15) is 0 Å². The summed E-state index contributed by atoms with van der Waals surface area (Å²) in [5.74, 6) is -0.124. The van der Waals surface area contributed by atoms with E-state index >= 15 is 0 Å². The smallest absolute Gasteiger partial charge is 0.145 e. The molecule has 2 atom stereocenters. The summed E-state index contributed by atoms with van der Waals surface area (Å²) in [5.41, 5.74) is 6.27. The van der Waals surface area contributed by atoms with Crippen molar-refractivity contribution < 1.29 is 4.39 Å². The number of hydrogen-bond acceptors (Lipinski definition) is 1. The van der Waals surface area contributed by atoms with Crippen LogP contribution in [0.5, 0.6) is 0 Å². The predicted molar refractivity (Wildman–Crippen MR) is 46.7 cm³/mol. The first-order chi connectivity index (χ1) is 5.70. The Morgan fingerprint density at radius 1 is 1.50 bits per heavy atom. The van der Waals surface area contributed by atoms with Crippen molar-refractivity contribution in [3.05, 3.63) is 34.6 Å². The Hall–Kier alpha value is -0.600. The molecule has 0 aromatic heterocycles. The minimum Gasteiger partial charge on any atom is -0.327 e.